The molecule has 2 rings (SSSR count). The Morgan fingerprint density at radius 2 is 2.27 bits per heavy atom. The topological polar surface area (TPSA) is 24.9 Å². The Morgan fingerprint density at radius 1 is 1.47 bits per heavy atom. The maximum absolute atomic E-state index is 4.51. The lowest BCUT2D eigenvalue weighted by Gasteiger charge is -2.27. The van der Waals surface area contributed by atoms with E-state index in [9.17, 15) is 0 Å². The van der Waals surface area contributed by atoms with Gasteiger partial charge in [0.2, 0.25) is 0 Å². The van der Waals surface area contributed by atoms with Crippen LogP contribution >= 0.6 is 11.3 Å². The molecule has 84 valence electrons. The fourth-order valence-corrected chi connectivity index (χ4v) is 3.57. The number of rotatable bonds is 3. The van der Waals surface area contributed by atoms with E-state index in [4.69, 9.17) is 0 Å². The van der Waals surface area contributed by atoms with Crippen molar-refractivity contribution < 1.29 is 0 Å². The molecule has 0 bridgehead atoms. The van der Waals surface area contributed by atoms with Crippen molar-refractivity contribution in [1.82, 2.24) is 10.3 Å². The van der Waals surface area contributed by atoms with E-state index in [-0.39, 0.29) is 0 Å². The first kappa shape index (κ1) is 11.1. The van der Waals surface area contributed by atoms with Gasteiger partial charge in [-0.05, 0) is 39.7 Å². The van der Waals surface area contributed by atoms with E-state index in [1.54, 1.807) is 0 Å². The molecule has 1 atom stereocenters. The molecular weight excluding hydrogens is 204 g/mol. The minimum Gasteiger partial charge on any atom is -0.311 e. The molecule has 0 amide bonds. The van der Waals surface area contributed by atoms with Crippen molar-refractivity contribution in [3.63, 3.8) is 0 Å². The molecule has 0 aliphatic carbocycles. The second-order valence-corrected chi connectivity index (χ2v) is 5.87. The fraction of sp³-hybridized carbons (Fsp3) is 0.750. The number of nitrogens with one attached hydrogen (secondary N) is 1. The van der Waals surface area contributed by atoms with Gasteiger partial charge in [-0.1, -0.05) is 6.92 Å². The molecule has 1 aliphatic rings. The summed E-state index contributed by atoms with van der Waals surface area (Å²) in [6.45, 7) is 7.71. The minimum atomic E-state index is 0.365. The maximum atomic E-state index is 4.51. The minimum absolute atomic E-state index is 0.365. The number of hydrogen-bond acceptors (Lipinski definition) is 3. The van der Waals surface area contributed by atoms with Crippen LogP contribution in [0, 0.1) is 13.8 Å². The summed E-state index contributed by atoms with van der Waals surface area (Å²) in [5.41, 5.74) is 1.60. The summed E-state index contributed by atoms with van der Waals surface area (Å²) in [6.07, 6.45) is 5.04. The van der Waals surface area contributed by atoms with E-state index in [2.05, 4.69) is 31.1 Å². The quantitative estimate of drug-likeness (QED) is 0.854. The molecular formula is C12H20N2S. The molecule has 1 saturated heterocycles. The molecule has 1 aromatic heterocycles. The van der Waals surface area contributed by atoms with Crippen LogP contribution in [0.4, 0.5) is 0 Å². The third kappa shape index (κ3) is 2.23. The van der Waals surface area contributed by atoms with Crippen molar-refractivity contribution in [1.29, 1.82) is 0 Å². The molecule has 1 aliphatic heterocycles. The second-order valence-electron chi connectivity index (χ2n) is 4.58. The van der Waals surface area contributed by atoms with Crippen LogP contribution in [-0.2, 0) is 6.42 Å². The largest absolute Gasteiger partial charge is 0.311 e. The first-order chi connectivity index (χ1) is 7.15. The zero-order chi connectivity index (χ0) is 10.9. The molecule has 15 heavy (non-hydrogen) atoms. The highest BCUT2D eigenvalue weighted by Gasteiger charge is 2.32. The first-order valence-corrected chi connectivity index (χ1v) is 6.65. The Labute approximate surface area is 96.1 Å². The molecule has 2 nitrogen and oxygen atoms in total. The highest BCUT2D eigenvalue weighted by molar-refractivity contribution is 7.11. The van der Waals surface area contributed by atoms with Gasteiger partial charge in [-0.15, -0.1) is 11.3 Å². The van der Waals surface area contributed by atoms with Crippen LogP contribution < -0.4 is 5.32 Å². The summed E-state index contributed by atoms with van der Waals surface area (Å²) in [7, 11) is 0. The number of aryl methyl sites for hydroxylation is 2. The molecule has 0 radical (unpaired) electrons. The lowest BCUT2D eigenvalue weighted by atomic mass is 9.89. The van der Waals surface area contributed by atoms with Crippen molar-refractivity contribution in [2.75, 3.05) is 6.54 Å². The predicted molar refractivity (Wildman–Crippen MR) is 65.6 cm³/mol. The molecule has 0 saturated carbocycles. The standard InChI is InChI=1S/C12H20N2S/c1-4-12(6-5-7-13-12)8-11-9(2)14-10(3)15-11/h13H,4-8H2,1-3H3. The van der Waals surface area contributed by atoms with Crippen LogP contribution in [0.15, 0.2) is 0 Å². The van der Waals surface area contributed by atoms with Crippen LogP contribution in [-0.4, -0.2) is 17.1 Å². The summed E-state index contributed by atoms with van der Waals surface area (Å²) in [5, 5.41) is 4.88. The highest BCUT2D eigenvalue weighted by atomic mass is 32.1. The van der Waals surface area contributed by atoms with Gasteiger partial charge >= 0.3 is 0 Å². The Kier molecular flexibility index (Phi) is 3.12. The van der Waals surface area contributed by atoms with Crippen LogP contribution in [0.25, 0.3) is 0 Å². The molecule has 1 aromatic rings. The van der Waals surface area contributed by atoms with E-state index in [0.717, 1.165) is 0 Å². The highest BCUT2D eigenvalue weighted by Crippen LogP contribution is 2.30. The number of thiazole rings is 1. The third-order valence-electron chi connectivity index (χ3n) is 3.51. The number of aromatic nitrogens is 1. The Bertz CT molecular complexity index is 337. The molecule has 1 fully saturated rings. The molecule has 0 spiro atoms. The van der Waals surface area contributed by atoms with Gasteiger partial charge in [0, 0.05) is 16.8 Å². The third-order valence-corrected chi connectivity index (χ3v) is 4.58. The van der Waals surface area contributed by atoms with Crippen LogP contribution in [0.3, 0.4) is 0 Å². The average molecular weight is 224 g/mol. The van der Waals surface area contributed by atoms with Crippen LogP contribution in [0.2, 0.25) is 0 Å². The van der Waals surface area contributed by atoms with Gasteiger partial charge in [0.25, 0.3) is 0 Å². The zero-order valence-electron chi connectivity index (χ0n) is 9.89. The van der Waals surface area contributed by atoms with Crippen molar-refractivity contribution in [3.8, 4) is 0 Å². The normalized spacial score (nSPS) is 26.1. The van der Waals surface area contributed by atoms with Crippen LogP contribution in [0.5, 0.6) is 0 Å². The average Bonchev–Trinajstić information content (AvgIpc) is 2.76. The molecule has 0 aromatic carbocycles. The second kappa shape index (κ2) is 4.22. The van der Waals surface area contributed by atoms with E-state index in [0.29, 0.717) is 5.54 Å². The molecule has 1 unspecified atom stereocenters. The van der Waals surface area contributed by atoms with Crippen LogP contribution in [0.1, 0.15) is 41.8 Å². The fourth-order valence-electron chi connectivity index (χ4n) is 2.49. The van der Waals surface area contributed by atoms with E-state index < -0.39 is 0 Å². The van der Waals surface area contributed by atoms with Gasteiger partial charge in [-0.25, -0.2) is 4.98 Å². The van der Waals surface area contributed by atoms with Gasteiger partial charge in [-0.3, -0.25) is 0 Å². The summed E-state index contributed by atoms with van der Waals surface area (Å²) < 4.78 is 0. The van der Waals surface area contributed by atoms with E-state index in [1.165, 1.54) is 47.8 Å². The van der Waals surface area contributed by atoms with Gasteiger partial charge in [-0.2, -0.15) is 0 Å². The molecule has 3 heteroatoms. The van der Waals surface area contributed by atoms with Gasteiger partial charge in [0.05, 0.1) is 10.7 Å². The maximum Gasteiger partial charge on any atom is 0.0900 e. The SMILES string of the molecule is CCC1(Cc2sc(C)nc2C)CCCN1. The lowest BCUT2D eigenvalue weighted by molar-refractivity contribution is 0.361. The number of hydrogen-bond donors (Lipinski definition) is 1. The Hall–Kier alpha value is -0.410. The number of nitrogens with zero attached hydrogens (tertiary/aromatic N) is 1. The van der Waals surface area contributed by atoms with Crippen molar-refractivity contribution in [2.24, 2.45) is 0 Å². The molecule has 2 heterocycles. The van der Waals surface area contributed by atoms with Crippen molar-refractivity contribution in [3.05, 3.63) is 15.6 Å². The van der Waals surface area contributed by atoms with Crippen molar-refractivity contribution in [2.45, 2.75) is 52.0 Å². The monoisotopic (exact) mass is 224 g/mol. The summed E-state index contributed by atoms with van der Waals surface area (Å²) in [4.78, 5) is 5.98. The summed E-state index contributed by atoms with van der Waals surface area (Å²) in [5.74, 6) is 0. The van der Waals surface area contributed by atoms with Crippen molar-refractivity contribution >= 4 is 11.3 Å². The summed E-state index contributed by atoms with van der Waals surface area (Å²) >= 11 is 1.86. The van der Waals surface area contributed by atoms with E-state index >= 15 is 0 Å². The predicted octanol–water partition coefficient (Wildman–Crippen LogP) is 2.83. The Balaban J connectivity index is 2.16. The Morgan fingerprint density at radius 3 is 2.73 bits per heavy atom. The smallest absolute Gasteiger partial charge is 0.0900 e. The van der Waals surface area contributed by atoms with Gasteiger partial charge in [0.1, 0.15) is 0 Å². The van der Waals surface area contributed by atoms with Gasteiger partial charge in [0.15, 0.2) is 0 Å². The molecule has 1 N–H and O–H groups in total. The van der Waals surface area contributed by atoms with Gasteiger partial charge < -0.3 is 5.32 Å². The first-order valence-electron chi connectivity index (χ1n) is 5.83. The zero-order valence-corrected chi connectivity index (χ0v) is 10.7. The summed E-state index contributed by atoms with van der Waals surface area (Å²) in [6, 6.07) is 0. The van der Waals surface area contributed by atoms with E-state index in [1.807, 2.05) is 11.3 Å². The lowest BCUT2D eigenvalue weighted by Crippen LogP contribution is -2.41.